The Morgan fingerprint density at radius 1 is 1.21 bits per heavy atom. The highest BCUT2D eigenvalue weighted by molar-refractivity contribution is 7.80. The third-order valence-corrected chi connectivity index (χ3v) is 4.00. The van der Waals surface area contributed by atoms with Gasteiger partial charge in [0.1, 0.15) is 5.75 Å². The van der Waals surface area contributed by atoms with Gasteiger partial charge >= 0.3 is 0 Å². The van der Waals surface area contributed by atoms with E-state index in [2.05, 4.69) is 17.6 Å². The number of thiocarbonyl (C=S) groups is 1. The highest BCUT2D eigenvalue weighted by atomic mass is 32.1. The van der Waals surface area contributed by atoms with Gasteiger partial charge in [0.2, 0.25) is 0 Å². The van der Waals surface area contributed by atoms with Gasteiger partial charge in [0, 0.05) is 11.7 Å². The number of ether oxygens (including phenoxy) is 1. The van der Waals surface area contributed by atoms with E-state index in [9.17, 15) is 0 Å². The second kappa shape index (κ2) is 6.75. The Kier molecular flexibility index (Phi) is 5.02. The number of nitrogens with one attached hydrogen (secondary N) is 2. The van der Waals surface area contributed by atoms with Crippen molar-refractivity contribution in [2.45, 2.75) is 38.6 Å². The molecule has 2 atom stereocenters. The number of hydrogen-bond acceptors (Lipinski definition) is 2. The Hall–Kier alpha value is -1.29. The third kappa shape index (κ3) is 4.10. The van der Waals surface area contributed by atoms with E-state index >= 15 is 0 Å². The van der Waals surface area contributed by atoms with Crippen LogP contribution >= 0.6 is 12.2 Å². The number of methoxy groups -OCH3 is 1. The average Bonchev–Trinajstić information content (AvgIpc) is 2.42. The molecular formula is C15H22N2OS. The summed E-state index contributed by atoms with van der Waals surface area (Å²) < 4.78 is 5.13. The number of rotatable bonds is 3. The number of hydrogen-bond donors (Lipinski definition) is 2. The van der Waals surface area contributed by atoms with Crippen molar-refractivity contribution in [3.8, 4) is 5.75 Å². The summed E-state index contributed by atoms with van der Waals surface area (Å²) in [4.78, 5) is 0. The van der Waals surface area contributed by atoms with E-state index in [0.717, 1.165) is 11.4 Å². The minimum absolute atomic E-state index is 0.506. The number of anilines is 1. The van der Waals surface area contributed by atoms with E-state index in [1.54, 1.807) is 7.11 Å². The van der Waals surface area contributed by atoms with Gasteiger partial charge in [-0.15, -0.1) is 0 Å². The second-order valence-electron chi connectivity index (χ2n) is 5.20. The van der Waals surface area contributed by atoms with Crippen LogP contribution in [0.5, 0.6) is 5.75 Å². The lowest BCUT2D eigenvalue weighted by Crippen LogP contribution is -2.43. The fraction of sp³-hybridized carbons (Fsp3) is 0.533. The van der Waals surface area contributed by atoms with Crippen LogP contribution in [-0.2, 0) is 0 Å². The first-order chi connectivity index (χ1) is 9.19. The van der Waals surface area contributed by atoms with Crippen LogP contribution < -0.4 is 15.4 Å². The number of benzene rings is 1. The molecule has 0 spiro atoms. The predicted octanol–water partition coefficient (Wildman–Crippen LogP) is 3.56. The Bertz CT molecular complexity index is 419. The topological polar surface area (TPSA) is 33.3 Å². The Morgan fingerprint density at radius 2 is 1.89 bits per heavy atom. The molecule has 2 N–H and O–H groups in total. The predicted molar refractivity (Wildman–Crippen MR) is 83.8 cm³/mol. The molecule has 1 aliphatic carbocycles. The minimum Gasteiger partial charge on any atom is -0.497 e. The second-order valence-corrected chi connectivity index (χ2v) is 5.60. The summed E-state index contributed by atoms with van der Waals surface area (Å²) in [5, 5.41) is 7.37. The summed E-state index contributed by atoms with van der Waals surface area (Å²) in [6.07, 6.45) is 5.15. The fourth-order valence-electron chi connectivity index (χ4n) is 2.54. The van der Waals surface area contributed by atoms with E-state index in [-0.39, 0.29) is 0 Å². The van der Waals surface area contributed by atoms with Crippen LogP contribution in [0.15, 0.2) is 24.3 Å². The summed E-state index contributed by atoms with van der Waals surface area (Å²) in [5.41, 5.74) is 0.988. The zero-order valence-corrected chi connectivity index (χ0v) is 12.4. The summed E-state index contributed by atoms with van der Waals surface area (Å²) in [5.74, 6) is 1.55. The van der Waals surface area contributed by atoms with Gasteiger partial charge < -0.3 is 15.4 Å². The van der Waals surface area contributed by atoms with Gasteiger partial charge in [-0.3, -0.25) is 0 Å². The van der Waals surface area contributed by atoms with Gasteiger partial charge in [-0.2, -0.15) is 0 Å². The normalized spacial score (nSPS) is 22.6. The van der Waals surface area contributed by atoms with Crippen LogP contribution in [0.25, 0.3) is 0 Å². The summed E-state index contributed by atoms with van der Waals surface area (Å²) >= 11 is 5.38. The average molecular weight is 278 g/mol. The van der Waals surface area contributed by atoms with Gasteiger partial charge in [-0.1, -0.05) is 19.8 Å². The molecule has 19 heavy (non-hydrogen) atoms. The molecule has 1 saturated carbocycles. The van der Waals surface area contributed by atoms with Crippen LogP contribution in [-0.4, -0.2) is 18.3 Å². The fourth-order valence-corrected chi connectivity index (χ4v) is 2.81. The standard InChI is InChI=1S/C15H22N2OS/c1-11-5-3-4-6-14(11)17-15(19)16-12-7-9-13(18-2)10-8-12/h7-11,14H,3-6H2,1-2H3,(H2,16,17,19)/t11-,14+/m1/s1. The van der Waals surface area contributed by atoms with Gasteiger partial charge in [-0.05, 0) is 55.2 Å². The molecule has 0 radical (unpaired) electrons. The SMILES string of the molecule is COc1ccc(NC(=S)N[C@H]2CCCC[C@H]2C)cc1. The van der Waals surface area contributed by atoms with Crippen molar-refractivity contribution in [1.82, 2.24) is 5.32 Å². The maximum atomic E-state index is 5.38. The molecule has 104 valence electrons. The Labute approximate surface area is 120 Å². The maximum absolute atomic E-state index is 5.38. The van der Waals surface area contributed by atoms with Crippen molar-refractivity contribution < 1.29 is 4.74 Å². The van der Waals surface area contributed by atoms with Crippen LogP contribution in [0.3, 0.4) is 0 Å². The van der Waals surface area contributed by atoms with Gasteiger partial charge in [0.05, 0.1) is 7.11 Å². The zero-order chi connectivity index (χ0) is 13.7. The molecule has 0 aliphatic heterocycles. The Balaban J connectivity index is 1.86. The third-order valence-electron chi connectivity index (χ3n) is 3.78. The van der Waals surface area contributed by atoms with E-state index in [4.69, 9.17) is 17.0 Å². The monoisotopic (exact) mass is 278 g/mol. The van der Waals surface area contributed by atoms with Crippen molar-refractivity contribution in [1.29, 1.82) is 0 Å². The lowest BCUT2D eigenvalue weighted by atomic mass is 9.86. The summed E-state index contributed by atoms with van der Waals surface area (Å²) in [6.45, 7) is 2.30. The quantitative estimate of drug-likeness (QED) is 0.828. The van der Waals surface area contributed by atoms with Crippen molar-refractivity contribution >= 4 is 23.0 Å². The van der Waals surface area contributed by atoms with Gasteiger partial charge in [0.25, 0.3) is 0 Å². The van der Waals surface area contributed by atoms with Crippen molar-refractivity contribution in [2.24, 2.45) is 5.92 Å². The van der Waals surface area contributed by atoms with Gasteiger partial charge in [-0.25, -0.2) is 0 Å². The van der Waals surface area contributed by atoms with Crippen LogP contribution in [0, 0.1) is 5.92 Å². The smallest absolute Gasteiger partial charge is 0.171 e. The lowest BCUT2D eigenvalue weighted by Gasteiger charge is -2.30. The highest BCUT2D eigenvalue weighted by Gasteiger charge is 2.21. The van der Waals surface area contributed by atoms with Crippen LogP contribution in [0.4, 0.5) is 5.69 Å². The molecule has 0 aromatic heterocycles. The maximum Gasteiger partial charge on any atom is 0.171 e. The van der Waals surface area contributed by atoms with Crippen molar-refractivity contribution in [3.05, 3.63) is 24.3 Å². The molecule has 0 saturated heterocycles. The zero-order valence-electron chi connectivity index (χ0n) is 11.6. The van der Waals surface area contributed by atoms with Crippen molar-refractivity contribution in [3.63, 3.8) is 0 Å². The molecular weight excluding hydrogens is 256 g/mol. The van der Waals surface area contributed by atoms with E-state index in [0.29, 0.717) is 17.1 Å². The highest BCUT2D eigenvalue weighted by Crippen LogP contribution is 2.23. The summed E-state index contributed by atoms with van der Waals surface area (Å²) in [7, 11) is 1.67. The van der Waals surface area contributed by atoms with E-state index in [1.165, 1.54) is 25.7 Å². The molecule has 0 unspecified atom stereocenters. The summed E-state index contributed by atoms with van der Waals surface area (Å²) in [6, 6.07) is 8.29. The molecule has 2 rings (SSSR count). The molecule has 1 aromatic rings. The minimum atomic E-state index is 0.506. The molecule has 4 heteroatoms. The first-order valence-electron chi connectivity index (χ1n) is 6.90. The van der Waals surface area contributed by atoms with Crippen LogP contribution in [0.2, 0.25) is 0 Å². The largest absolute Gasteiger partial charge is 0.497 e. The molecule has 1 aliphatic rings. The molecule has 3 nitrogen and oxygen atoms in total. The molecule has 0 amide bonds. The molecule has 1 aromatic carbocycles. The molecule has 0 heterocycles. The van der Waals surface area contributed by atoms with E-state index in [1.807, 2.05) is 24.3 Å². The molecule has 1 fully saturated rings. The lowest BCUT2D eigenvalue weighted by molar-refractivity contribution is 0.309. The van der Waals surface area contributed by atoms with Crippen molar-refractivity contribution in [2.75, 3.05) is 12.4 Å². The van der Waals surface area contributed by atoms with E-state index < -0.39 is 0 Å². The Morgan fingerprint density at radius 3 is 2.53 bits per heavy atom. The molecule has 0 bridgehead atoms. The van der Waals surface area contributed by atoms with Crippen LogP contribution in [0.1, 0.15) is 32.6 Å². The first-order valence-corrected chi connectivity index (χ1v) is 7.31. The first kappa shape index (κ1) is 14.1. The van der Waals surface area contributed by atoms with Gasteiger partial charge in [0.15, 0.2) is 5.11 Å².